The van der Waals surface area contributed by atoms with Crippen molar-refractivity contribution in [1.29, 1.82) is 0 Å². The molecule has 2 aromatic rings. The van der Waals surface area contributed by atoms with E-state index in [9.17, 15) is 9.90 Å². The van der Waals surface area contributed by atoms with Crippen LogP contribution >= 0.6 is 0 Å². The summed E-state index contributed by atoms with van der Waals surface area (Å²) >= 11 is 0. The molecule has 1 saturated heterocycles. The number of carbonyl (C=O) groups excluding carboxylic acids is 1. The summed E-state index contributed by atoms with van der Waals surface area (Å²) in [6.45, 7) is 1.76. The molecule has 0 bridgehead atoms. The Balaban J connectivity index is 1.61. The highest BCUT2D eigenvalue weighted by Crippen LogP contribution is 2.32. The minimum Gasteiger partial charge on any atom is -0.396 e. The summed E-state index contributed by atoms with van der Waals surface area (Å²) in [5, 5.41) is 12.6. The molecule has 2 atom stereocenters. The molecule has 1 fully saturated rings. The Morgan fingerprint density at radius 3 is 2.74 bits per heavy atom. The number of hydrogen-bond acceptors (Lipinski definition) is 3. The van der Waals surface area contributed by atoms with Crippen molar-refractivity contribution < 1.29 is 9.90 Å². The van der Waals surface area contributed by atoms with Crippen LogP contribution in [0.1, 0.15) is 17.0 Å². The van der Waals surface area contributed by atoms with Crippen LogP contribution in [0.3, 0.4) is 0 Å². The first kappa shape index (κ1) is 15.5. The van der Waals surface area contributed by atoms with Crippen molar-refractivity contribution in [2.45, 2.75) is 12.5 Å². The van der Waals surface area contributed by atoms with Crippen molar-refractivity contribution in [3.05, 3.63) is 66.0 Å². The molecule has 1 aliphatic rings. The Hall–Kier alpha value is -2.40. The van der Waals surface area contributed by atoms with Gasteiger partial charge >= 0.3 is 6.03 Å². The van der Waals surface area contributed by atoms with Gasteiger partial charge < -0.3 is 15.3 Å². The maximum absolute atomic E-state index is 12.4. The van der Waals surface area contributed by atoms with Gasteiger partial charge in [-0.05, 0) is 17.2 Å². The molecule has 1 aromatic heterocycles. The highest BCUT2D eigenvalue weighted by molar-refractivity contribution is 5.74. The van der Waals surface area contributed by atoms with Gasteiger partial charge in [0.2, 0.25) is 0 Å². The van der Waals surface area contributed by atoms with E-state index >= 15 is 0 Å². The molecule has 5 heteroatoms. The minimum atomic E-state index is -0.0919. The second-order valence-corrected chi connectivity index (χ2v) is 5.88. The van der Waals surface area contributed by atoms with Gasteiger partial charge in [-0.3, -0.25) is 4.98 Å². The van der Waals surface area contributed by atoms with E-state index in [2.05, 4.69) is 22.4 Å². The molecule has 0 unspecified atom stereocenters. The summed E-state index contributed by atoms with van der Waals surface area (Å²) < 4.78 is 0. The molecule has 1 aromatic carbocycles. The summed E-state index contributed by atoms with van der Waals surface area (Å²) in [4.78, 5) is 18.2. The number of aliphatic hydroxyl groups is 1. The summed E-state index contributed by atoms with van der Waals surface area (Å²) in [6.07, 6.45) is 3.45. The summed E-state index contributed by atoms with van der Waals surface area (Å²) in [6, 6.07) is 13.8. The Labute approximate surface area is 136 Å². The summed E-state index contributed by atoms with van der Waals surface area (Å²) in [7, 11) is 0. The van der Waals surface area contributed by atoms with Gasteiger partial charge in [0.15, 0.2) is 0 Å². The van der Waals surface area contributed by atoms with E-state index in [4.69, 9.17) is 0 Å². The lowest BCUT2D eigenvalue weighted by molar-refractivity contribution is 0.197. The molecule has 2 amide bonds. The zero-order chi connectivity index (χ0) is 16.1. The average Bonchev–Trinajstić information content (AvgIpc) is 3.06. The van der Waals surface area contributed by atoms with Crippen LogP contribution in [0, 0.1) is 5.92 Å². The van der Waals surface area contributed by atoms with Gasteiger partial charge in [-0.15, -0.1) is 0 Å². The predicted octanol–water partition coefficient (Wildman–Crippen LogP) is 2.00. The number of urea groups is 1. The number of nitrogens with one attached hydrogen (secondary N) is 1. The van der Waals surface area contributed by atoms with E-state index < -0.39 is 0 Å². The minimum absolute atomic E-state index is 0.0848. The second-order valence-electron chi connectivity index (χ2n) is 5.88. The monoisotopic (exact) mass is 311 g/mol. The molecular weight excluding hydrogens is 290 g/mol. The maximum Gasteiger partial charge on any atom is 0.317 e. The first-order valence-electron chi connectivity index (χ1n) is 7.85. The SMILES string of the molecule is O=C(NCc1cccnc1)N1C[C@@H](CO)[C@H](c2ccccc2)C1. The zero-order valence-electron chi connectivity index (χ0n) is 12.9. The van der Waals surface area contributed by atoms with Gasteiger partial charge in [0.1, 0.15) is 0 Å². The highest BCUT2D eigenvalue weighted by atomic mass is 16.3. The van der Waals surface area contributed by atoms with Crippen LogP contribution in [-0.2, 0) is 6.54 Å². The molecule has 0 saturated carbocycles. The average molecular weight is 311 g/mol. The van der Waals surface area contributed by atoms with Crippen molar-refractivity contribution >= 4 is 6.03 Å². The van der Waals surface area contributed by atoms with E-state index in [1.165, 1.54) is 5.56 Å². The van der Waals surface area contributed by atoms with Crippen LogP contribution < -0.4 is 5.32 Å². The lowest BCUT2D eigenvalue weighted by atomic mass is 9.90. The third-order valence-electron chi connectivity index (χ3n) is 4.36. The number of pyridine rings is 1. The lowest BCUT2D eigenvalue weighted by Crippen LogP contribution is -2.38. The summed E-state index contributed by atoms with van der Waals surface area (Å²) in [5.74, 6) is 0.270. The maximum atomic E-state index is 12.4. The van der Waals surface area contributed by atoms with Gasteiger partial charge in [-0.25, -0.2) is 4.79 Å². The van der Waals surface area contributed by atoms with Gasteiger partial charge in [-0.1, -0.05) is 36.4 Å². The van der Waals surface area contributed by atoms with Crippen LogP contribution in [0.15, 0.2) is 54.9 Å². The first-order valence-corrected chi connectivity index (χ1v) is 7.85. The Kier molecular flexibility index (Phi) is 4.88. The highest BCUT2D eigenvalue weighted by Gasteiger charge is 2.35. The van der Waals surface area contributed by atoms with Crippen molar-refractivity contribution in [2.24, 2.45) is 5.92 Å². The second kappa shape index (κ2) is 7.24. The molecule has 2 N–H and O–H groups in total. The first-order chi connectivity index (χ1) is 11.3. The van der Waals surface area contributed by atoms with Gasteiger partial charge in [0.05, 0.1) is 0 Å². The van der Waals surface area contributed by atoms with Crippen LogP contribution in [-0.4, -0.2) is 40.7 Å². The van der Waals surface area contributed by atoms with Crippen LogP contribution in [0.4, 0.5) is 4.79 Å². The molecule has 5 nitrogen and oxygen atoms in total. The Morgan fingerprint density at radius 1 is 1.22 bits per heavy atom. The van der Waals surface area contributed by atoms with E-state index in [0.29, 0.717) is 19.6 Å². The topological polar surface area (TPSA) is 65.5 Å². The van der Waals surface area contributed by atoms with Crippen molar-refractivity contribution in [3.8, 4) is 0 Å². The molecule has 23 heavy (non-hydrogen) atoms. The number of likely N-dealkylation sites (tertiary alicyclic amines) is 1. The molecule has 3 rings (SSSR count). The van der Waals surface area contributed by atoms with E-state index in [1.807, 2.05) is 30.3 Å². The number of aliphatic hydroxyl groups excluding tert-OH is 1. The van der Waals surface area contributed by atoms with Gasteiger partial charge in [-0.2, -0.15) is 0 Å². The van der Waals surface area contributed by atoms with Crippen molar-refractivity contribution in [2.75, 3.05) is 19.7 Å². The lowest BCUT2D eigenvalue weighted by Gasteiger charge is -2.17. The van der Waals surface area contributed by atoms with Crippen molar-refractivity contribution in [3.63, 3.8) is 0 Å². The number of hydrogen-bond donors (Lipinski definition) is 2. The van der Waals surface area contributed by atoms with Crippen LogP contribution in [0.25, 0.3) is 0 Å². The van der Waals surface area contributed by atoms with E-state index in [1.54, 1.807) is 17.3 Å². The molecular formula is C18H21N3O2. The predicted molar refractivity (Wildman–Crippen MR) is 87.8 cm³/mol. The third-order valence-corrected chi connectivity index (χ3v) is 4.36. The number of rotatable bonds is 4. The van der Waals surface area contributed by atoms with Crippen LogP contribution in [0.5, 0.6) is 0 Å². The third kappa shape index (κ3) is 3.68. The number of aromatic nitrogens is 1. The molecule has 120 valence electrons. The van der Waals surface area contributed by atoms with E-state index in [0.717, 1.165) is 5.56 Å². The Bertz CT molecular complexity index is 633. The standard InChI is InChI=1S/C18H21N3O2/c22-13-16-11-21(12-17(16)15-6-2-1-3-7-15)18(23)20-10-14-5-4-8-19-9-14/h1-9,16-17,22H,10-13H2,(H,20,23)/t16-,17-/m0/s1. The summed E-state index contributed by atoms with van der Waals surface area (Å²) in [5.41, 5.74) is 2.15. The quantitative estimate of drug-likeness (QED) is 0.907. The zero-order valence-corrected chi connectivity index (χ0v) is 12.9. The molecule has 1 aliphatic heterocycles. The normalized spacial score (nSPS) is 20.5. The largest absolute Gasteiger partial charge is 0.396 e. The fourth-order valence-electron chi connectivity index (χ4n) is 3.09. The van der Waals surface area contributed by atoms with E-state index in [-0.39, 0.29) is 24.5 Å². The molecule has 0 spiro atoms. The number of carbonyl (C=O) groups is 1. The fourth-order valence-corrected chi connectivity index (χ4v) is 3.09. The number of benzene rings is 1. The van der Waals surface area contributed by atoms with Crippen molar-refractivity contribution in [1.82, 2.24) is 15.2 Å². The number of amides is 2. The fraction of sp³-hybridized carbons (Fsp3) is 0.333. The van der Waals surface area contributed by atoms with Gasteiger partial charge in [0.25, 0.3) is 0 Å². The van der Waals surface area contributed by atoms with Gasteiger partial charge in [0, 0.05) is 50.5 Å². The molecule has 2 heterocycles. The molecule has 0 radical (unpaired) electrons. The Morgan fingerprint density at radius 2 is 2.04 bits per heavy atom. The smallest absolute Gasteiger partial charge is 0.317 e. The van der Waals surface area contributed by atoms with Crippen LogP contribution in [0.2, 0.25) is 0 Å². The molecule has 0 aliphatic carbocycles. The number of nitrogens with zero attached hydrogens (tertiary/aromatic N) is 2.